The minimum absolute atomic E-state index is 0. The van der Waals surface area contributed by atoms with E-state index in [1.54, 1.807) is 24.3 Å². The van der Waals surface area contributed by atoms with Crippen molar-refractivity contribution in [3.63, 3.8) is 0 Å². The fourth-order valence-corrected chi connectivity index (χ4v) is 2.15. The lowest BCUT2D eigenvalue weighted by Crippen LogP contribution is -2.26. The van der Waals surface area contributed by atoms with Gasteiger partial charge in [-0.15, -0.1) is 12.4 Å². The van der Waals surface area contributed by atoms with Gasteiger partial charge in [0, 0.05) is 12.1 Å². The van der Waals surface area contributed by atoms with Gasteiger partial charge in [0.1, 0.15) is 18.2 Å². The number of ether oxygens (including phenoxy) is 1. The SMILES string of the molecule is CC(NC(=O)c1ccc(OCC(F)=CCN)cc1)c1ccccc1.Cl. The van der Waals surface area contributed by atoms with Gasteiger partial charge in [0.05, 0.1) is 6.04 Å². The number of carbonyl (C=O) groups is 1. The van der Waals surface area contributed by atoms with Crippen molar-refractivity contribution in [3.8, 4) is 5.75 Å². The second kappa shape index (κ2) is 10.5. The molecule has 2 aromatic carbocycles. The number of amides is 1. The molecule has 0 spiro atoms. The third-order valence-electron chi connectivity index (χ3n) is 3.48. The molecule has 1 atom stereocenters. The molecule has 2 rings (SSSR count). The summed E-state index contributed by atoms with van der Waals surface area (Å²) in [6, 6.07) is 16.2. The Hall–Kier alpha value is -2.37. The van der Waals surface area contributed by atoms with Crippen LogP contribution in [0.15, 0.2) is 66.5 Å². The molecule has 6 heteroatoms. The van der Waals surface area contributed by atoms with Gasteiger partial charge in [-0.1, -0.05) is 30.3 Å². The molecule has 0 heterocycles. The van der Waals surface area contributed by atoms with Crippen molar-refractivity contribution in [3.05, 3.63) is 77.6 Å². The van der Waals surface area contributed by atoms with Crippen molar-refractivity contribution < 1.29 is 13.9 Å². The van der Waals surface area contributed by atoms with E-state index < -0.39 is 5.83 Å². The highest BCUT2D eigenvalue weighted by Crippen LogP contribution is 2.16. The van der Waals surface area contributed by atoms with Crippen LogP contribution < -0.4 is 15.8 Å². The highest BCUT2D eigenvalue weighted by Gasteiger charge is 2.11. The van der Waals surface area contributed by atoms with Crippen LogP contribution in [-0.4, -0.2) is 19.1 Å². The van der Waals surface area contributed by atoms with Gasteiger partial charge >= 0.3 is 0 Å². The van der Waals surface area contributed by atoms with Gasteiger partial charge < -0.3 is 15.8 Å². The van der Waals surface area contributed by atoms with Crippen molar-refractivity contribution in [1.82, 2.24) is 5.32 Å². The molecule has 1 amide bonds. The van der Waals surface area contributed by atoms with Crippen LogP contribution in [0.4, 0.5) is 4.39 Å². The number of nitrogens with two attached hydrogens (primary N) is 1. The number of hydrogen-bond acceptors (Lipinski definition) is 3. The van der Waals surface area contributed by atoms with E-state index in [2.05, 4.69) is 5.32 Å². The normalized spacial score (nSPS) is 12.0. The van der Waals surface area contributed by atoms with Gasteiger partial charge in [0.2, 0.25) is 0 Å². The Morgan fingerprint density at radius 3 is 2.44 bits per heavy atom. The zero-order valence-electron chi connectivity index (χ0n) is 13.9. The third-order valence-corrected chi connectivity index (χ3v) is 3.48. The molecule has 0 aliphatic heterocycles. The summed E-state index contributed by atoms with van der Waals surface area (Å²) in [5.74, 6) is -0.105. The Bertz CT molecular complexity index is 690. The van der Waals surface area contributed by atoms with Crippen LogP contribution in [0.1, 0.15) is 28.9 Å². The minimum Gasteiger partial charge on any atom is -0.487 e. The van der Waals surface area contributed by atoms with Crippen molar-refractivity contribution >= 4 is 18.3 Å². The summed E-state index contributed by atoms with van der Waals surface area (Å²) < 4.78 is 18.5. The molecule has 0 saturated heterocycles. The maximum absolute atomic E-state index is 13.2. The van der Waals surface area contributed by atoms with Gasteiger partial charge in [-0.25, -0.2) is 4.39 Å². The zero-order chi connectivity index (χ0) is 17.4. The Balaban J connectivity index is 0.00000312. The fraction of sp³-hybridized carbons (Fsp3) is 0.211. The standard InChI is InChI=1S/C19H21FN2O2.ClH/c1-14(15-5-3-2-4-6-15)22-19(23)16-7-9-18(10-8-16)24-13-17(20)11-12-21;/h2-11,14H,12-13,21H2,1H3,(H,22,23);1H. The van der Waals surface area contributed by atoms with E-state index in [9.17, 15) is 9.18 Å². The first-order chi connectivity index (χ1) is 11.6. The first-order valence-electron chi connectivity index (χ1n) is 7.73. The zero-order valence-corrected chi connectivity index (χ0v) is 14.8. The molecule has 0 aromatic heterocycles. The van der Waals surface area contributed by atoms with E-state index in [0.717, 1.165) is 5.56 Å². The second-order valence-corrected chi connectivity index (χ2v) is 5.31. The second-order valence-electron chi connectivity index (χ2n) is 5.31. The third kappa shape index (κ3) is 6.57. The molecule has 0 fully saturated rings. The monoisotopic (exact) mass is 364 g/mol. The number of carbonyl (C=O) groups excluding carboxylic acids is 1. The molecule has 134 valence electrons. The minimum atomic E-state index is -0.420. The van der Waals surface area contributed by atoms with E-state index in [-0.39, 0.29) is 37.5 Å². The highest BCUT2D eigenvalue weighted by atomic mass is 35.5. The van der Waals surface area contributed by atoms with Crippen LogP contribution >= 0.6 is 12.4 Å². The summed E-state index contributed by atoms with van der Waals surface area (Å²) in [5, 5.41) is 2.94. The Kier molecular flexibility index (Phi) is 8.67. The Labute approximate surface area is 153 Å². The predicted molar refractivity (Wildman–Crippen MR) is 99.8 cm³/mol. The molecule has 0 radical (unpaired) electrons. The maximum Gasteiger partial charge on any atom is 0.251 e. The van der Waals surface area contributed by atoms with Gasteiger partial charge in [-0.3, -0.25) is 4.79 Å². The van der Waals surface area contributed by atoms with Crippen LogP contribution in [0, 0.1) is 0 Å². The topological polar surface area (TPSA) is 64.3 Å². The Morgan fingerprint density at radius 1 is 1.20 bits per heavy atom. The lowest BCUT2D eigenvalue weighted by molar-refractivity contribution is 0.0940. The van der Waals surface area contributed by atoms with Crippen LogP contribution in [0.2, 0.25) is 0 Å². The lowest BCUT2D eigenvalue weighted by atomic mass is 10.1. The maximum atomic E-state index is 13.2. The molecule has 0 aliphatic rings. The number of rotatable bonds is 7. The summed E-state index contributed by atoms with van der Waals surface area (Å²) in [5.41, 5.74) is 6.77. The average Bonchev–Trinajstić information content (AvgIpc) is 2.61. The molecule has 2 aromatic rings. The molecule has 3 N–H and O–H groups in total. The predicted octanol–water partition coefficient (Wildman–Crippen LogP) is 3.79. The van der Waals surface area contributed by atoms with Gasteiger partial charge in [0.25, 0.3) is 5.91 Å². The summed E-state index contributed by atoms with van der Waals surface area (Å²) in [7, 11) is 0. The molecule has 0 bridgehead atoms. The smallest absolute Gasteiger partial charge is 0.251 e. The fourth-order valence-electron chi connectivity index (χ4n) is 2.15. The van der Waals surface area contributed by atoms with Crippen molar-refractivity contribution in [1.29, 1.82) is 0 Å². The van der Waals surface area contributed by atoms with E-state index in [1.807, 2.05) is 37.3 Å². The molecule has 4 nitrogen and oxygen atoms in total. The van der Waals surface area contributed by atoms with E-state index in [1.165, 1.54) is 6.08 Å². The summed E-state index contributed by atoms with van der Waals surface area (Å²) >= 11 is 0. The number of halogens is 2. The molecule has 25 heavy (non-hydrogen) atoms. The number of benzene rings is 2. The summed E-state index contributed by atoms with van der Waals surface area (Å²) in [4.78, 5) is 12.3. The van der Waals surface area contributed by atoms with Crippen molar-refractivity contribution in [2.24, 2.45) is 5.73 Å². The first-order valence-corrected chi connectivity index (χ1v) is 7.73. The van der Waals surface area contributed by atoms with Gasteiger partial charge in [-0.05, 0) is 42.8 Å². The van der Waals surface area contributed by atoms with E-state index in [4.69, 9.17) is 10.5 Å². The van der Waals surface area contributed by atoms with Crippen LogP contribution in [0.5, 0.6) is 5.75 Å². The van der Waals surface area contributed by atoms with Crippen molar-refractivity contribution in [2.75, 3.05) is 13.2 Å². The first kappa shape index (κ1) is 20.7. The molecule has 0 aliphatic carbocycles. The van der Waals surface area contributed by atoms with Gasteiger partial charge in [-0.2, -0.15) is 0 Å². The van der Waals surface area contributed by atoms with Crippen molar-refractivity contribution in [2.45, 2.75) is 13.0 Å². The van der Waals surface area contributed by atoms with Crippen LogP contribution in [-0.2, 0) is 0 Å². The lowest BCUT2D eigenvalue weighted by Gasteiger charge is -2.14. The number of hydrogen-bond donors (Lipinski definition) is 2. The quantitative estimate of drug-likeness (QED) is 0.785. The van der Waals surface area contributed by atoms with E-state index >= 15 is 0 Å². The van der Waals surface area contributed by atoms with Crippen LogP contribution in [0.3, 0.4) is 0 Å². The molecule has 0 saturated carbocycles. The van der Waals surface area contributed by atoms with Gasteiger partial charge in [0.15, 0.2) is 0 Å². The van der Waals surface area contributed by atoms with Crippen LogP contribution in [0.25, 0.3) is 0 Å². The Morgan fingerprint density at radius 2 is 1.84 bits per heavy atom. The summed E-state index contributed by atoms with van der Waals surface area (Å²) in [6.07, 6.45) is 1.26. The molecule has 1 unspecified atom stereocenters. The summed E-state index contributed by atoms with van der Waals surface area (Å²) in [6.45, 7) is 1.89. The molecular formula is C19H22ClFN2O2. The average molecular weight is 365 g/mol. The van der Waals surface area contributed by atoms with E-state index in [0.29, 0.717) is 11.3 Å². The highest BCUT2D eigenvalue weighted by molar-refractivity contribution is 5.94. The largest absolute Gasteiger partial charge is 0.487 e. The molecular weight excluding hydrogens is 343 g/mol. The number of nitrogens with one attached hydrogen (secondary N) is 1.